The highest BCUT2D eigenvalue weighted by Crippen LogP contribution is 2.33. The minimum absolute atomic E-state index is 0.0176. The maximum Gasteiger partial charge on any atom is 0.275 e. The van der Waals surface area contributed by atoms with Crippen molar-refractivity contribution in [3.05, 3.63) is 63.0 Å². The van der Waals surface area contributed by atoms with Crippen LogP contribution in [0.2, 0.25) is 0 Å². The van der Waals surface area contributed by atoms with Crippen molar-refractivity contribution in [3.8, 4) is 0 Å². The van der Waals surface area contributed by atoms with Crippen LogP contribution >= 0.6 is 0 Å². The van der Waals surface area contributed by atoms with E-state index in [1.807, 2.05) is 0 Å². The number of carbonyl (C=O) groups excluding carboxylic acids is 1. The number of rotatable bonds is 4. The molecule has 0 spiro atoms. The summed E-state index contributed by atoms with van der Waals surface area (Å²) in [6, 6.07) is 4.71. The number of carbonyl (C=O) groups is 1. The molecule has 0 aliphatic carbocycles. The van der Waals surface area contributed by atoms with Crippen LogP contribution in [-0.4, -0.2) is 46.6 Å². The molecule has 0 bridgehead atoms. The van der Waals surface area contributed by atoms with Crippen LogP contribution < -0.4 is 10.3 Å². The number of fused-ring (bicyclic) bond motifs is 1. The number of hydrogen-bond acceptors (Lipinski definition) is 5. The van der Waals surface area contributed by atoms with Gasteiger partial charge in [0, 0.05) is 23.9 Å². The molecule has 2 aromatic heterocycles. The predicted octanol–water partition coefficient (Wildman–Crippen LogP) is 2.52. The fraction of sp³-hybridized carbons (Fsp3) is 0.381. The van der Waals surface area contributed by atoms with Crippen LogP contribution in [0.3, 0.4) is 0 Å². The lowest BCUT2D eigenvalue weighted by atomic mass is 9.98. The fourth-order valence-electron chi connectivity index (χ4n) is 4.04. The van der Waals surface area contributed by atoms with Crippen LogP contribution in [0, 0.1) is 19.7 Å². The molecule has 0 unspecified atom stereocenters. The zero-order valence-electron chi connectivity index (χ0n) is 18.0. The van der Waals surface area contributed by atoms with Crippen LogP contribution in [-0.2, 0) is 10.0 Å². The molecule has 2 N–H and O–H groups in total. The minimum atomic E-state index is -3.67. The van der Waals surface area contributed by atoms with Gasteiger partial charge in [-0.3, -0.25) is 19.4 Å². The van der Waals surface area contributed by atoms with E-state index in [0.717, 1.165) is 31.2 Å². The maximum atomic E-state index is 14.0. The molecule has 1 atom stereocenters. The van der Waals surface area contributed by atoms with Crippen molar-refractivity contribution in [2.24, 2.45) is 0 Å². The Labute approximate surface area is 184 Å². The maximum absolute atomic E-state index is 14.0. The predicted molar refractivity (Wildman–Crippen MR) is 118 cm³/mol. The van der Waals surface area contributed by atoms with Gasteiger partial charge in [-0.25, -0.2) is 22.3 Å². The Hall–Kier alpha value is -3.21. The average molecular weight is 462 g/mol. The summed E-state index contributed by atoms with van der Waals surface area (Å²) in [6.45, 7) is 3.88. The number of aromatic nitrogens is 3. The van der Waals surface area contributed by atoms with Crippen molar-refractivity contribution in [3.63, 3.8) is 0 Å². The van der Waals surface area contributed by atoms with Crippen LogP contribution in [0.15, 0.2) is 29.1 Å². The highest BCUT2D eigenvalue weighted by Gasteiger charge is 2.32. The quantitative estimate of drug-likeness (QED) is 0.619. The van der Waals surface area contributed by atoms with E-state index in [1.165, 1.54) is 10.6 Å². The Balaban J connectivity index is 1.76. The lowest BCUT2D eigenvalue weighted by molar-refractivity contribution is 0.0606. The summed E-state index contributed by atoms with van der Waals surface area (Å²) in [6.07, 6.45) is 3.22. The van der Waals surface area contributed by atoms with E-state index in [0.29, 0.717) is 35.6 Å². The molecule has 1 aliphatic heterocycles. The first-order chi connectivity index (χ1) is 15.0. The molecule has 1 amide bonds. The zero-order valence-corrected chi connectivity index (χ0v) is 18.8. The number of aromatic amines is 1. The van der Waals surface area contributed by atoms with Gasteiger partial charge in [-0.2, -0.15) is 0 Å². The number of anilines is 1. The monoisotopic (exact) mass is 461 g/mol. The fourth-order valence-corrected chi connectivity index (χ4v) is 4.62. The lowest BCUT2D eigenvalue weighted by Crippen LogP contribution is -2.39. The number of hydrogen-bond donors (Lipinski definition) is 2. The first kappa shape index (κ1) is 22.0. The van der Waals surface area contributed by atoms with Crippen molar-refractivity contribution in [1.29, 1.82) is 0 Å². The van der Waals surface area contributed by atoms with Gasteiger partial charge >= 0.3 is 0 Å². The third kappa shape index (κ3) is 4.12. The largest absolute Gasteiger partial charge is 0.330 e. The Bertz CT molecular complexity index is 1380. The Morgan fingerprint density at radius 1 is 1.25 bits per heavy atom. The molecule has 1 fully saturated rings. The molecule has 0 saturated carbocycles. The van der Waals surface area contributed by atoms with Gasteiger partial charge in [0.1, 0.15) is 5.82 Å². The number of halogens is 1. The zero-order chi connectivity index (χ0) is 23.2. The molecule has 4 rings (SSSR count). The minimum Gasteiger partial charge on any atom is -0.330 e. The van der Waals surface area contributed by atoms with Crippen LogP contribution in [0.5, 0.6) is 0 Å². The van der Waals surface area contributed by atoms with Crippen molar-refractivity contribution >= 4 is 27.3 Å². The van der Waals surface area contributed by atoms with Gasteiger partial charge in [0.15, 0.2) is 5.65 Å². The number of benzene rings is 1. The molecule has 9 nitrogen and oxygen atoms in total. The van der Waals surface area contributed by atoms with Crippen LogP contribution in [0.1, 0.15) is 52.6 Å². The molecular formula is C21H24FN5O4S. The number of piperidine rings is 1. The highest BCUT2D eigenvalue weighted by atomic mass is 32.2. The molecule has 170 valence electrons. The summed E-state index contributed by atoms with van der Waals surface area (Å²) < 4.78 is 41.1. The molecule has 11 heteroatoms. The molecule has 32 heavy (non-hydrogen) atoms. The second-order valence-corrected chi connectivity index (χ2v) is 9.86. The molecule has 1 aromatic carbocycles. The molecule has 1 saturated heterocycles. The summed E-state index contributed by atoms with van der Waals surface area (Å²) in [5, 5.41) is 3.06. The number of nitrogens with one attached hydrogen (secondary N) is 2. The third-order valence-corrected chi connectivity index (χ3v) is 6.32. The van der Waals surface area contributed by atoms with Crippen LogP contribution in [0.4, 0.5) is 10.1 Å². The Morgan fingerprint density at radius 3 is 2.72 bits per heavy atom. The SMILES string of the molecule is Cc1nc2cc([C@@H]3CCCCN3C(=O)c3cc(F)ccc3NS(C)(=O)=O)[nH]n2c(=O)c1C. The number of likely N-dealkylation sites (tertiary alicyclic amines) is 1. The van der Waals surface area contributed by atoms with Crippen molar-refractivity contribution < 1.29 is 17.6 Å². The third-order valence-electron chi connectivity index (χ3n) is 5.73. The van der Waals surface area contributed by atoms with E-state index < -0.39 is 27.8 Å². The molecule has 0 radical (unpaired) electrons. The summed E-state index contributed by atoms with van der Waals surface area (Å²) >= 11 is 0. The van der Waals surface area contributed by atoms with E-state index in [1.54, 1.807) is 24.8 Å². The summed E-state index contributed by atoms with van der Waals surface area (Å²) in [7, 11) is -3.67. The highest BCUT2D eigenvalue weighted by molar-refractivity contribution is 7.92. The molecular weight excluding hydrogens is 437 g/mol. The van der Waals surface area contributed by atoms with E-state index in [9.17, 15) is 22.4 Å². The first-order valence-electron chi connectivity index (χ1n) is 10.2. The number of aryl methyl sites for hydroxylation is 1. The van der Waals surface area contributed by atoms with Crippen LogP contribution in [0.25, 0.3) is 5.65 Å². The molecule has 3 aromatic rings. The van der Waals surface area contributed by atoms with E-state index in [4.69, 9.17) is 0 Å². The number of amides is 1. The van der Waals surface area contributed by atoms with Crippen molar-refractivity contribution in [1.82, 2.24) is 19.5 Å². The standard InChI is InChI=1S/C21H24FN5O4S/c1-12-13(2)23-19-11-17(24-27(19)20(12)28)18-6-4-5-9-26(18)21(29)15-10-14(22)7-8-16(15)25-32(3,30)31/h7-8,10-11,18,24-25H,4-6,9H2,1-3H3/t18-/m0/s1. The molecule has 1 aliphatic rings. The lowest BCUT2D eigenvalue weighted by Gasteiger charge is -2.35. The van der Waals surface area contributed by atoms with Gasteiger partial charge in [-0.15, -0.1) is 0 Å². The van der Waals surface area contributed by atoms with Gasteiger partial charge in [-0.05, 0) is 51.3 Å². The Kier molecular flexibility index (Phi) is 5.53. The number of nitrogens with zero attached hydrogens (tertiary/aromatic N) is 3. The van der Waals surface area contributed by atoms with Gasteiger partial charge in [0.25, 0.3) is 11.5 Å². The van der Waals surface area contributed by atoms with E-state index in [2.05, 4.69) is 14.8 Å². The van der Waals surface area contributed by atoms with E-state index in [-0.39, 0.29) is 16.8 Å². The smallest absolute Gasteiger partial charge is 0.275 e. The Morgan fingerprint density at radius 2 is 2.00 bits per heavy atom. The first-order valence-corrected chi connectivity index (χ1v) is 12.1. The van der Waals surface area contributed by atoms with Gasteiger partial charge in [0.05, 0.1) is 29.2 Å². The van der Waals surface area contributed by atoms with E-state index >= 15 is 0 Å². The van der Waals surface area contributed by atoms with Gasteiger partial charge in [0.2, 0.25) is 10.0 Å². The number of sulfonamides is 1. The average Bonchev–Trinajstić information content (AvgIpc) is 3.16. The summed E-state index contributed by atoms with van der Waals surface area (Å²) in [5.74, 6) is -1.14. The van der Waals surface area contributed by atoms with Gasteiger partial charge < -0.3 is 4.90 Å². The van der Waals surface area contributed by atoms with Crippen molar-refractivity contribution in [2.75, 3.05) is 17.5 Å². The van der Waals surface area contributed by atoms with Crippen molar-refractivity contribution in [2.45, 2.75) is 39.2 Å². The van der Waals surface area contributed by atoms with Gasteiger partial charge in [-0.1, -0.05) is 0 Å². The second-order valence-electron chi connectivity index (χ2n) is 8.11. The molecule has 3 heterocycles. The number of H-pyrrole nitrogens is 1. The second kappa shape index (κ2) is 8.05. The topological polar surface area (TPSA) is 117 Å². The normalized spacial score (nSPS) is 17.0. The summed E-state index contributed by atoms with van der Waals surface area (Å²) in [4.78, 5) is 32.1. The summed E-state index contributed by atoms with van der Waals surface area (Å²) in [5.41, 5.74) is 2.00.